The lowest BCUT2D eigenvalue weighted by atomic mass is 10.3. The fourth-order valence-corrected chi connectivity index (χ4v) is 2.03. The Bertz CT molecular complexity index is 424. The van der Waals surface area contributed by atoms with Crippen molar-refractivity contribution in [3.63, 3.8) is 0 Å². The van der Waals surface area contributed by atoms with Crippen molar-refractivity contribution in [1.82, 2.24) is 4.98 Å². The molecule has 0 saturated carbocycles. The summed E-state index contributed by atoms with van der Waals surface area (Å²) in [4.78, 5) is 4.38. The fraction of sp³-hybridized carbons (Fsp3) is 0.111. The number of methoxy groups -OCH3 is 1. The van der Waals surface area contributed by atoms with Gasteiger partial charge in [0.2, 0.25) is 0 Å². The van der Waals surface area contributed by atoms with Gasteiger partial charge in [-0.25, -0.2) is 0 Å². The van der Waals surface area contributed by atoms with Crippen molar-refractivity contribution in [2.45, 2.75) is 0 Å². The number of rotatable bonds is 2. The third-order valence-electron chi connectivity index (χ3n) is 1.79. The number of fused-ring (bicyclic) bond motifs is 1. The van der Waals surface area contributed by atoms with E-state index in [1.165, 1.54) is 0 Å². The molecule has 0 aliphatic carbocycles. The lowest BCUT2D eigenvalue weighted by molar-refractivity contribution is -0.504. The molecule has 0 amide bonds. The van der Waals surface area contributed by atoms with Gasteiger partial charge in [-0.2, -0.15) is 4.98 Å². The topological polar surface area (TPSA) is 38.7 Å². The predicted molar refractivity (Wildman–Crippen MR) is 53.1 cm³/mol. The standard InChI is InChI=1S/C9H10N2OS/c1-10-9-11-8-6(12-2)4-3-5-7(8)13-9/h3-5H,1,10H2,2H3. The van der Waals surface area contributed by atoms with Gasteiger partial charge in [-0.05, 0) is 12.1 Å². The second-order valence-corrected chi connectivity index (χ2v) is 3.63. The minimum atomic E-state index is 0.821. The predicted octanol–water partition coefficient (Wildman–Crippen LogP) is 1.29. The zero-order valence-corrected chi connectivity index (χ0v) is 8.10. The summed E-state index contributed by atoms with van der Waals surface area (Å²) in [7, 11) is 5.34. The first-order chi connectivity index (χ1) is 6.35. The Morgan fingerprint density at radius 1 is 1.54 bits per heavy atom. The Kier molecular flexibility index (Phi) is 2.16. The van der Waals surface area contributed by atoms with Crippen LogP contribution in [0.15, 0.2) is 18.2 Å². The Labute approximate surface area is 80.4 Å². The van der Waals surface area contributed by atoms with Crippen LogP contribution in [0.2, 0.25) is 0 Å². The Morgan fingerprint density at radius 3 is 3.08 bits per heavy atom. The average molecular weight is 194 g/mol. The number of thiazole rings is 1. The van der Waals surface area contributed by atoms with E-state index in [1.807, 2.05) is 18.2 Å². The highest BCUT2D eigenvalue weighted by Crippen LogP contribution is 2.29. The van der Waals surface area contributed by atoms with E-state index in [2.05, 4.69) is 12.0 Å². The number of para-hydroxylation sites is 1. The van der Waals surface area contributed by atoms with Crippen LogP contribution >= 0.6 is 11.3 Å². The Morgan fingerprint density at radius 2 is 2.38 bits per heavy atom. The van der Waals surface area contributed by atoms with Gasteiger partial charge in [0, 0.05) is 0 Å². The van der Waals surface area contributed by atoms with Crippen LogP contribution in [-0.2, 0) is 0 Å². The zero-order valence-electron chi connectivity index (χ0n) is 7.28. The molecule has 1 aromatic carbocycles. The summed E-state index contributed by atoms with van der Waals surface area (Å²) in [6.45, 7) is 0. The number of quaternary nitrogens is 1. The van der Waals surface area contributed by atoms with Crippen LogP contribution in [-0.4, -0.2) is 12.1 Å². The smallest absolute Gasteiger partial charge is 0.257 e. The number of aromatic nitrogens is 1. The molecule has 13 heavy (non-hydrogen) atoms. The Hall–Kier alpha value is -1.13. The summed E-state index contributed by atoms with van der Waals surface area (Å²) in [5, 5.41) is 2.68. The van der Waals surface area contributed by atoms with Gasteiger partial charge in [0.05, 0.1) is 11.8 Å². The molecule has 2 N–H and O–H groups in total. The van der Waals surface area contributed by atoms with E-state index in [9.17, 15) is 0 Å². The molecular weight excluding hydrogens is 184 g/mol. The largest absolute Gasteiger partial charge is 0.494 e. The molecule has 1 heterocycles. The molecule has 0 spiro atoms. The third kappa shape index (κ3) is 1.38. The van der Waals surface area contributed by atoms with Crippen LogP contribution in [0.4, 0.5) is 5.13 Å². The molecule has 0 fully saturated rings. The maximum Gasteiger partial charge on any atom is 0.257 e. The molecule has 68 valence electrons. The highest BCUT2D eigenvalue weighted by atomic mass is 32.1. The summed E-state index contributed by atoms with van der Waals surface area (Å²) in [5.41, 5.74) is 0.921. The molecule has 2 aromatic rings. The van der Waals surface area contributed by atoms with Crippen LogP contribution in [0.5, 0.6) is 5.75 Å². The number of hydrogen-bond donors (Lipinski definition) is 1. The molecule has 4 heteroatoms. The number of ether oxygens (including phenoxy) is 1. The lowest BCUT2D eigenvalue weighted by Crippen LogP contribution is -2.69. The van der Waals surface area contributed by atoms with Gasteiger partial charge in [0.25, 0.3) is 5.13 Å². The lowest BCUT2D eigenvalue weighted by Gasteiger charge is -1.97. The maximum absolute atomic E-state index is 5.20. The molecular formula is C9H10N2OS. The van der Waals surface area contributed by atoms with Crippen molar-refractivity contribution < 1.29 is 10.1 Å². The van der Waals surface area contributed by atoms with E-state index in [1.54, 1.807) is 23.8 Å². The van der Waals surface area contributed by atoms with E-state index >= 15 is 0 Å². The second-order valence-electron chi connectivity index (χ2n) is 2.56. The van der Waals surface area contributed by atoms with Crippen LogP contribution < -0.4 is 10.1 Å². The molecule has 0 aliphatic rings. The Balaban J connectivity index is 2.67. The maximum atomic E-state index is 5.20. The van der Waals surface area contributed by atoms with E-state index in [4.69, 9.17) is 4.74 Å². The van der Waals surface area contributed by atoms with E-state index in [0.29, 0.717) is 0 Å². The SMILES string of the molecule is [CH2-][NH2+]c1nc2c(OC)cccc2s1. The van der Waals surface area contributed by atoms with E-state index < -0.39 is 0 Å². The van der Waals surface area contributed by atoms with Crippen LogP contribution in [0.25, 0.3) is 10.2 Å². The number of benzene rings is 1. The number of hydrogen-bond acceptors (Lipinski definition) is 3. The molecule has 0 atom stereocenters. The van der Waals surface area contributed by atoms with E-state index in [0.717, 1.165) is 21.1 Å². The van der Waals surface area contributed by atoms with E-state index in [-0.39, 0.29) is 0 Å². The minimum absolute atomic E-state index is 0.821. The number of nitrogens with two attached hydrogens (primary N) is 1. The van der Waals surface area contributed by atoms with Gasteiger partial charge < -0.3 is 10.1 Å². The third-order valence-corrected chi connectivity index (χ3v) is 2.81. The van der Waals surface area contributed by atoms with Gasteiger partial charge in [0.15, 0.2) is 0 Å². The summed E-state index contributed by atoms with van der Waals surface area (Å²) in [6, 6.07) is 5.91. The van der Waals surface area contributed by atoms with Crippen molar-refractivity contribution in [3.8, 4) is 5.75 Å². The first-order valence-electron chi connectivity index (χ1n) is 3.91. The van der Waals surface area contributed by atoms with Gasteiger partial charge in [-0.3, -0.25) is 0 Å². The normalized spacial score (nSPS) is 10.6. The minimum Gasteiger partial charge on any atom is -0.494 e. The highest BCUT2D eigenvalue weighted by molar-refractivity contribution is 7.21. The first-order valence-corrected chi connectivity index (χ1v) is 4.73. The average Bonchev–Trinajstić information content (AvgIpc) is 2.59. The second kappa shape index (κ2) is 3.32. The highest BCUT2D eigenvalue weighted by Gasteiger charge is 2.07. The van der Waals surface area contributed by atoms with Gasteiger partial charge in [-0.1, -0.05) is 17.4 Å². The van der Waals surface area contributed by atoms with Crippen LogP contribution in [0.1, 0.15) is 0 Å². The monoisotopic (exact) mass is 194 g/mol. The summed E-state index contributed by atoms with van der Waals surface area (Å²) in [5.74, 6) is 0.821. The number of nitrogens with zero attached hydrogens (tertiary/aromatic N) is 1. The molecule has 0 saturated heterocycles. The fourth-order valence-electron chi connectivity index (χ4n) is 1.19. The van der Waals surface area contributed by atoms with Crippen LogP contribution in [0, 0.1) is 7.05 Å². The molecule has 0 unspecified atom stereocenters. The van der Waals surface area contributed by atoms with Gasteiger partial charge in [-0.15, -0.1) is 7.05 Å². The zero-order chi connectivity index (χ0) is 9.26. The summed E-state index contributed by atoms with van der Waals surface area (Å²) in [6.07, 6.45) is 0. The van der Waals surface area contributed by atoms with Crippen molar-refractivity contribution >= 4 is 26.7 Å². The van der Waals surface area contributed by atoms with Crippen molar-refractivity contribution in [2.75, 3.05) is 7.11 Å². The van der Waals surface area contributed by atoms with Crippen molar-refractivity contribution in [2.24, 2.45) is 0 Å². The molecule has 0 bridgehead atoms. The van der Waals surface area contributed by atoms with Gasteiger partial charge >= 0.3 is 0 Å². The summed E-state index contributed by atoms with van der Waals surface area (Å²) >= 11 is 1.62. The molecule has 1 aromatic heterocycles. The van der Waals surface area contributed by atoms with Crippen molar-refractivity contribution in [1.29, 1.82) is 0 Å². The first kappa shape index (κ1) is 8.47. The quantitative estimate of drug-likeness (QED) is 0.732. The van der Waals surface area contributed by atoms with Gasteiger partial charge in [0.1, 0.15) is 11.3 Å². The molecule has 0 aliphatic heterocycles. The van der Waals surface area contributed by atoms with Crippen molar-refractivity contribution in [3.05, 3.63) is 25.2 Å². The molecule has 2 rings (SSSR count). The van der Waals surface area contributed by atoms with Crippen LogP contribution in [0.3, 0.4) is 0 Å². The molecule has 3 nitrogen and oxygen atoms in total. The summed E-state index contributed by atoms with van der Waals surface area (Å²) < 4.78 is 6.33. The molecule has 0 radical (unpaired) electrons.